The average molecular weight is 196 g/mol. The Balaban J connectivity index is 2.50. The van der Waals surface area contributed by atoms with E-state index >= 15 is 0 Å². The Morgan fingerprint density at radius 2 is 1.83 bits per heavy atom. The van der Waals surface area contributed by atoms with Crippen LogP contribution in [0.3, 0.4) is 0 Å². The maximum atomic E-state index is 10.3. The first kappa shape index (κ1) is 9.91. The van der Waals surface area contributed by atoms with E-state index in [-0.39, 0.29) is 0 Å². The van der Waals surface area contributed by atoms with E-state index in [1.807, 2.05) is 0 Å². The SMILES string of the molecule is O=S(=O)(O)O[C@@H]1CCCC[C@H]1O. The Morgan fingerprint density at radius 3 is 2.33 bits per heavy atom. The molecular weight excluding hydrogens is 184 g/mol. The summed E-state index contributed by atoms with van der Waals surface area (Å²) in [5.41, 5.74) is 0. The summed E-state index contributed by atoms with van der Waals surface area (Å²) in [5.74, 6) is 0. The summed E-state index contributed by atoms with van der Waals surface area (Å²) in [6.07, 6.45) is 1.14. The van der Waals surface area contributed by atoms with E-state index in [0.29, 0.717) is 12.8 Å². The van der Waals surface area contributed by atoms with Gasteiger partial charge in [0, 0.05) is 0 Å². The Kier molecular flexibility index (Phi) is 3.05. The molecule has 6 heteroatoms. The van der Waals surface area contributed by atoms with Gasteiger partial charge in [-0.3, -0.25) is 4.55 Å². The van der Waals surface area contributed by atoms with Crippen molar-refractivity contribution in [3.05, 3.63) is 0 Å². The van der Waals surface area contributed by atoms with Gasteiger partial charge in [0.2, 0.25) is 0 Å². The van der Waals surface area contributed by atoms with Gasteiger partial charge < -0.3 is 5.11 Å². The van der Waals surface area contributed by atoms with Gasteiger partial charge in [0.15, 0.2) is 0 Å². The second-order valence-corrected chi connectivity index (χ2v) is 3.96. The Morgan fingerprint density at radius 1 is 1.25 bits per heavy atom. The summed E-state index contributed by atoms with van der Waals surface area (Å²) in [6.45, 7) is 0. The first-order chi connectivity index (χ1) is 5.49. The fourth-order valence-corrected chi connectivity index (χ4v) is 1.88. The van der Waals surface area contributed by atoms with Crippen molar-refractivity contribution in [2.75, 3.05) is 0 Å². The molecule has 1 saturated carbocycles. The van der Waals surface area contributed by atoms with Crippen LogP contribution in [-0.4, -0.2) is 30.3 Å². The highest BCUT2D eigenvalue weighted by Crippen LogP contribution is 2.21. The summed E-state index contributed by atoms with van der Waals surface area (Å²) in [4.78, 5) is 0. The van der Waals surface area contributed by atoms with Gasteiger partial charge in [-0.15, -0.1) is 0 Å². The molecule has 0 aromatic carbocycles. The van der Waals surface area contributed by atoms with Crippen LogP contribution in [0.4, 0.5) is 0 Å². The number of aliphatic hydroxyl groups is 1. The molecule has 0 saturated heterocycles. The Hall–Kier alpha value is -0.170. The molecule has 1 fully saturated rings. The van der Waals surface area contributed by atoms with Crippen molar-refractivity contribution in [1.29, 1.82) is 0 Å². The number of rotatable bonds is 2. The molecule has 0 spiro atoms. The summed E-state index contributed by atoms with van der Waals surface area (Å²) in [7, 11) is -4.42. The van der Waals surface area contributed by atoms with Gasteiger partial charge in [0.05, 0.1) is 6.10 Å². The molecule has 12 heavy (non-hydrogen) atoms. The van der Waals surface area contributed by atoms with Crippen LogP contribution in [0.15, 0.2) is 0 Å². The van der Waals surface area contributed by atoms with Gasteiger partial charge in [-0.1, -0.05) is 12.8 Å². The third kappa shape index (κ3) is 3.06. The molecule has 0 aromatic rings. The normalized spacial score (nSPS) is 31.8. The smallest absolute Gasteiger partial charge is 0.390 e. The van der Waals surface area contributed by atoms with Crippen LogP contribution in [0.25, 0.3) is 0 Å². The minimum atomic E-state index is -4.42. The highest BCUT2D eigenvalue weighted by atomic mass is 32.3. The zero-order chi connectivity index (χ0) is 9.19. The van der Waals surface area contributed by atoms with Gasteiger partial charge >= 0.3 is 10.4 Å². The van der Waals surface area contributed by atoms with E-state index in [4.69, 9.17) is 4.55 Å². The van der Waals surface area contributed by atoms with Crippen molar-refractivity contribution in [3.8, 4) is 0 Å². The molecule has 0 amide bonds. The van der Waals surface area contributed by atoms with Crippen molar-refractivity contribution in [2.24, 2.45) is 0 Å². The van der Waals surface area contributed by atoms with E-state index in [1.165, 1.54) is 0 Å². The minimum absolute atomic E-state index is 0.473. The highest BCUT2D eigenvalue weighted by molar-refractivity contribution is 7.80. The summed E-state index contributed by atoms with van der Waals surface area (Å²) >= 11 is 0. The molecule has 2 N–H and O–H groups in total. The van der Waals surface area contributed by atoms with Gasteiger partial charge in [0.1, 0.15) is 6.10 Å². The van der Waals surface area contributed by atoms with Crippen LogP contribution in [-0.2, 0) is 14.6 Å². The number of aliphatic hydroxyl groups excluding tert-OH is 1. The topological polar surface area (TPSA) is 83.8 Å². The zero-order valence-corrected chi connectivity index (χ0v) is 7.33. The van der Waals surface area contributed by atoms with Crippen LogP contribution >= 0.6 is 0 Å². The van der Waals surface area contributed by atoms with Gasteiger partial charge in [-0.25, -0.2) is 4.18 Å². The fraction of sp³-hybridized carbons (Fsp3) is 1.00. The average Bonchev–Trinajstić information content (AvgIpc) is 1.91. The van der Waals surface area contributed by atoms with Crippen molar-refractivity contribution in [3.63, 3.8) is 0 Å². The van der Waals surface area contributed by atoms with E-state index in [9.17, 15) is 13.5 Å². The van der Waals surface area contributed by atoms with Crippen molar-refractivity contribution >= 4 is 10.4 Å². The molecule has 1 aliphatic carbocycles. The lowest BCUT2D eigenvalue weighted by atomic mass is 9.95. The molecular formula is C6H12O5S. The molecule has 0 unspecified atom stereocenters. The lowest BCUT2D eigenvalue weighted by molar-refractivity contribution is 0.00449. The molecule has 0 radical (unpaired) electrons. The predicted molar refractivity (Wildman–Crippen MR) is 40.9 cm³/mol. The molecule has 5 nitrogen and oxygen atoms in total. The maximum Gasteiger partial charge on any atom is 0.397 e. The van der Waals surface area contributed by atoms with E-state index in [0.717, 1.165) is 12.8 Å². The minimum Gasteiger partial charge on any atom is -0.390 e. The monoisotopic (exact) mass is 196 g/mol. The molecule has 2 atom stereocenters. The summed E-state index contributed by atoms with van der Waals surface area (Å²) < 4.78 is 33.1. The van der Waals surface area contributed by atoms with Crippen LogP contribution in [0.1, 0.15) is 25.7 Å². The predicted octanol–water partition coefficient (Wildman–Crippen LogP) is 0.109. The van der Waals surface area contributed by atoms with Crippen molar-refractivity contribution < 1.29 is 22.3 Å². The molecule has 72 valence electrons. The summed E-state index contributed by atoms with van der Waals surface area (Å²) in [5, 5.41) is 9.23. The lowest BCUT2D eigenvalue weighted by Gasteiger charge is -2.25. The van der Waals surface area contributed by atoms with Gasteiger partial charge in [-0.2, -0.15) is 8.42 Å². The van der Waals surface area contributed by atoms with Crippen LogP contribution in [0, 0.1) is 0 Å². The lowest BCUT2D eigenvalue weighted by Crippen LogP contribution is -2.33. The zero-order valence-electron chi connectivity index (χ0n) is 6.51. The van der Waals surface area contributed by atoms with Crippen LogP contribution in [0.5, 0.6) is 0 Å². The van der Waals surface area contributed by atoms with Crippen LogP contribution in [0.2, 0.25) is 0 Å². The Bertz CT molecular complexity index is 234. The van der Waals surface area contributed by atoms with Gasteiger partial charge in [0.25, 0.3) is 0 Å². The first-order valence-corrected chi connectivity index (χ1v) is 5.19. The molecule has 1 aliphatic rings. The quantitative estimate of drug-likeness (QED) is 0.612. The molecule has 0 heterocycles. The van der Waals surface area contributed by atoms with Crippen LogP contribution < -0.4 is 0 Å². The number of hydrogen-bond donors (Lipinski definition) is 2. The third-order valence-corrected chi connectivity index (χ3v) is 2.40. The van der Waals surface area contributed by atoms with E-state index in [1.54, 1.807) is 0 Å². The largest absolute Gasteiger partial charge is 0.397 e. The van der Waals surface area contributed by atoms with Crippen molar-refractivity contribution in [1.82, 2.24) is 0 Å². The first-order valence-electron chi connectivity index (χ1n) is 3.83. The molecule has 0 bridgehead atoms. The maximum absolute atomic E-state index is 10.3. The van der Waals surface area contributed by atoms with E-state index < -0.39 is 22.6 Å². The number of hydrogen-bond acceptors (Lipinski definition) is 4. The fourth-order valence-electron chi connectivity index (χ4n) is 1.35. The molecule has 0 aromatic heterocycles. The summed E-state index contributed by atoms with van der Waals surface area (Å²) in [6, 6.07) is 0. The van der Waals surface area contributed by atoms with E-state index in [2.05, 4.69) is 4.18 Å². The third-order valence-electron chi connectivity index (χ3n) is 1.91. The standard InChI is InChI=1S/C6H12O5S/c7-5-3-1-2-4-6(5)11-12(8,9)10/h5-7H,1-4H2,(H,8,9,10)/t5-,6-/m1/s1. The molecule has 1 rings (SSSR count). The second-order valence-electron chi connectivity index (χ2n) is 2.91. The molecule has 0 aliphatic heterocycles. The highest BCUT2D eigenvalue weighted by Gasteiger charge is 2.27. The van der Waals surface area contributed by atoms with Crippen molar-refractivity contribution in [2.45, 2.75) is 37.9 Å². The Labute approximate surface area is 71.3 Å². The van der Waals surface area contributed by atoms with Gasteiger partial charge in [-0.05, 0) is 12.8 Å². The second kappa shape index (κ2) is 3.69.